The molecule has 3 aromatic heterocycles. The van der Waals surface area contributed by atoms with Gasteiger partial charge >= 0.3 is 0 Å². The van der Waals surface area contributed by atoms with Crippen LogP contribution in [0.4, 0.5) is 0 Å². The molecule has 0 radical (unpaired) electrons. The normalized spacial score (nSPS) is 13.6. The van der Waals surface area contributed by atoms with Gasteiger partial charge in [-0.15, -0.1) is 0 Å². The molecule has 0 bridgehead atoms. The lowest BCUT2D eigenvalue weighted by atomic mass is 9.87. The predicted octanol–water partition coefficient (Wildman–Crippen LogP) is 15.8. The summed E-state index contributed by atoms with van der Waals surface area (Å²) in [6, 6.07) is 73.2. The number of aromatic nitrogens is 5. The molecule has 0 spiro atoms. The largest absolute Gasteiger partial charge is 0.313 e. The first kappa shape index (κ1) is 39.7. The van der Waals surface area contributed by atoms with Gasteiger partial charge in [0.1, 0.15) is 0 Å². The van der Waals surface area contributed by atoms with E-state index < -0.39 is 0 Å². The molecule has 5 heteroatoms. The minimum absolute atomic E-state index is 0.646. The van der Waals surface area contributed by atoms with Crippen LogP contribution in [0.3, 0.4) is 0 Å². The highest BCUT2D eigenvalue weighted by Crippen LogP contribution is 2.43. The van der Waals surface area contributed by atoms with Gasteiger partial charge in [0.15, 0.2) is 17.5 Å². The van der Waals surface area contributed by atoms with Gasteiger partial charge < -0.3 is 9.13 Å². The summed E-state index contributed by atoms with van der Waals surface area (Å²) in [5.74, 6) is 1.95. The highest BCUT2D eigenvalue weighted by Gasteiger charge is 2.25. The van der Waals surface area contributed by atoms with E-state index in [1.54, 1.807) is 0 Å². The van der Waals surface area contributed by atoms with E-state index >= 15 is 0 Å². The minimum atomic E-state index is 0.646. The zero-order valence-electron chi connectivity index (χ0n) is 37.4. The van der Waals surface area contributed by atoms with Crippen molar-refractivity contribution in [3.63, 3.8) is 0 Å². The van der Waals surface area contributed by atoms with Crippen molar-refractivity contribution in [1.82, 2.24) is 24.1 Å². The average molecular weight is 872 g/mol. The third-order valence-electron chi connectivity index (χ3n) is 13.8. The Bertz CT molecular complexity index is 3780. The number of allylic oxidation sites excluding steroid dienone is 5. The fourth-order valence-electron chi connectivity index (χ4n) is 10.6. The Labute approximate surface area is 395 Å². The molecule has 11 aromatic rings. The van der Waals surface area contributed by atoms with E-state index in [0.717, 1.165) is 53.5 Å². The molecule has 0 unspecified atom stereocenters. The van der Waals surface area contributed by atoms with Crippen LogP contribution in [0.5, 0.6) is 0 Å². The second kappa shape index (κ2) is 16.6. The summed E-state index contributed by atoms with van der Waals surface area (Å²) in [7, 11) is 0. The van der Waals surface area contributed by atoms with Crippen LogP contribution in [0.25, 0.3) is 107 Å². The lowest BCUT2D eigenvalue weighted by Crippen LogP contribution is -2.09. The maximum Gasteiger partial charge on any atom is 0.164 e. The number of hydrogen-bond acceptors (Lipinski definition) is 3. The second-order valence-corrected chi connectivity index (χ2v) is 17.8. The third-order valence-corrected chi connectivity index (χ3v) is 13.8. The van der Waals surface area contributed by atoms with E-state index in [2.05, 4.69) is 173 Å². The molecule has 0 atom stereocenters. The van der Waals surface area contributed by atoms with Crippen molar-refractivity contribution < 1.29 is 0 Å². The monoisotopic (exact) mass is 871 g/mol. The Morgan fingerprint density at radius 2 is 0.882 bits per heavy atom. The van der Waals surface area contributed by atoms with Gasteiger partial charge in [-0.1, -0.05) is 182 Å². The quantitative estimate of drug-likeness (QED) is 0.153. The van der Waals surface area contributed by atoms with Crippen molar-refractivity contribution in [1.29, 1.82) is 0 Å². The van der Waals surface area contributed by atoms with E-state index in [-0.39, 0.29) is 0 Å². The minimum Gasteiger partial charge on any atom is -0.313 e. The van der Waals surface area contributed by atoms with Crippen LogP contribution in [0.15, 0.2) is 230 Å². The summed E-state index contributed by atoms with van der Waals surface area (Å²) in [6.07, 6.45) is 11.2. The third kappa shape index (κ3) is 6.90. The predicted molar refractivity (Wildman–Crippen MR) is 281 cm³/mol. The summed E-state index contributed by atoms with van der Waals surface area (Å²) in [6.45, 7) is 0. The van der Waals surface area contributed by atoms with Gasteiger partial charge in [-0.05, 0) is 96.0 Å². The Morgan fingerprint density at radius 3 is 1.59 bits per heavy atom. The molecule has 0 fully saturated rings. The SMILES string of the molecule is C1=C(C2=Cc3c(n(-c4ccccc4-c4ccccc4)c4ccccc34)CC2)CCC(n2c3ccccc3c3ccc(-c4cccc(-c5nc(-c6ccccc6)nc(-c6ccccc6)n5)c4)cc32)=C1. The molecule has 2 aliphatic rings. The van der Waals surface area contributed by atoms with E-state index in [4.69, 9.17) is 15.0 Å². The molecule has 0 N–H and O–H groups in total. The van der Waals surface area contributed by atoms with Gasteiger partial charge in [-0.3, -0.25) is 0 Å². The summed E-state index contributed by atoms with van der Waals surface area (Å²) < 4.78 is 5.03. The molecule has 0 saturated heterocycles. The Hall–Kier alpha value is -8.67. The molecule has 13 rings (SSSR count). The zero-order chi connectivity index (χ0) is 45.0. The topological polar surface area (TPSA) is 48.5 Å². The van der Waals surface area contributed by atoms with Gasteiger partial charge in [-0.25, -0.2) is 15.0 Å². The molecule has 3 heterocycles. The van der Waals surface area contributed by atoms with Gasteiger partial charge in [0.25, 0.3) is 0 Å². The van der Waals surface area contributed by atoms with E-state index in [9.17, 15) is 0 Å². The Balaban J connectivity index is 0.870. The van der Waals surface area contributed by atoms with Gasteiger partial charge in [0.2, 0.25) is 0 Å². The highest BCUT2D eigenvalue weighted by atomic mass is 15.0. The van der Waals surface area contributed by atoms with Crippen molar-refractivity contribution >= 4 is 44.5 Å². The zero-order valence-corrected chi connectivity index (χ0v) is 37.4. The van der Waals surface area contributed by atoms with E-state index in [0.29, 0.717) is 17.5 Å². The fourth-order valence-corrected chi connectivity index (χ4v) is 10.6. The summed E-state index contributed by atoms with van der Waals surface area (Å²) in [4.78, 5) is 15.0. The smallest absolute Gasteiger partial charge is 0.164 e. The van der Waals surface area contributed by atoms with Gasteiger partial charge in [-0.2, -0.15) is 0 Å². The maximum absolute atomic E-state index is 5.04. The number of fused-ring (bicyclic) bond motifs is 6. The highest BCUT2D eigenvalue weighted by molar-refractivity contribution is 6.11. The van der Waals surface area contributed by atoms with Crippen LogP contribution in [0, 0.1) is 0 Å². The standard InChI is InChI=1S/C63H45N5/c1-4-17-43(18-5-1)51-25-10-13-28-56(51)68-58-30-15-12-27-53(58)55-40-47(34-38-59(55)68)42-31-35-50(36-32-42)67-57-29-14-11-26-52(57)54-37-33-48(41-60(54)67)46-23-16-24-49(39-46)63-65-61(44-19-6-2-7-20-44)64-62(66-63)45-21-8-3-9-22-45/h1-31,33,35,37,39-41H,32,34,36,38H2. The van der Waals surface area contributed by atoms with Crippen LogP contribution < -0.4 is 0 Å². The molecule has 2 aliphatic carbocycles. The summed E-state index contributed by atoms with van der Waals surface area (Å²) in [5, 5.41) is 3.82. The first-order valence-electron chi connectivity index (χ1n) is 23.6. The van der Waals surface area contributed by atoms with Crippen molar-refractivity contribution in [2.24, 2.45) is 0 Å². The van der Waals surface area contributed by atoms with Crippen LogP contribution >= 0.6 is 0 Å². The number of benzene rings is 8. The Morgan fingerprint density at radius 1 is 0.338 bits per heavy atom. The van der Waals surface area contributed by atoms with Crippen molar-refractivity contribution in [2.45, 2.75) is 25.7 Å². The first-order valence-corrected chi connectivity index (χ1v) is 23.6. The van der Waals surface area contributed by atoms with Crippen molar-refractivity contribution in [3.8, 4) is 62.1 Å². The Kier molecular flexibility index (Phi) is 9.71. The average Bonchev–Trinajstić information content (AvgIpc) is 3.93. The lowest BCUT2D eigenvalue weighted by Gasteiger charge is -2.23. The summed E-state index contributed by atoms with van der Waals surface area (Å²) in [5.41, 5.74) is 19.4. The summed E-state index contributed by atoms with van der Waals surface area (Å²) >= 11 is 0. The molecule has 8 aromatic carbocycles. The van der Waals surface area contributed by atoms with Crippen LogP contribution in [0.2, 0.25) is 0 Å². The molecular formula is C63H45N5. The maximum atomic E-state index is 5.04. The molecular weight excluding hydrogens is 827 g/mol. The molecule has 68 heavy (non-hydrogen) atoms. The number of rotatable bonds is 8. The van der Waals surface area contributed by atoms with E-state index in [1.165, 1.54) is 77.6 Å². The van der Waals surface area contributed by atoms with Crippen LogP contribution in [0.1, 0.15) is 30.5 Å². The molecule has 0 aliphatic heterocycles. The van der Waals surface area contributed by atoms with Gasteiger partial charge in [0.05, 0.1) is 22.2 Å². The number of nitrogens with zero attached hydrogens (tertiary/aromatic N) is 5. The molecule has 0 saturated carbocycles. The first-order chi connectivity index (χ1) is 33.7. The van der Waals surface area contributed by atoms with E-state index in [1.807, 2.05) is 60.7 Å². The molecule has 5 nitrogen and oxygen atoms in total. The fraction of sp³-hybridized carbons (Fsp3) is 0.0635. The van der Waals surface area contributed by atoms with Crippen LogP contribution in [-0.4, -0.2) is 24.1 Å². The lowest BCUT2D eigenvalue weighted by molar-refractivity contribution is 0.837. The molecule has 0 amide bonds. The van der Waals surface area contributed by atoms with Gasteiger partial charge in [0, 0.05) is 55.4 Å². The molecule has 322 valence electrons. The van der Waals surface area contributed by atoms with Crippen molar-refractivity contribution in [3.05, 3.63) is 241 Å². The number of hydrogen-bond donors (Lipinski definition) is 0. The number of para-hydroxylation sites is 3. The second-order valence-electron chi connectivity index (χ2n) is 17.8. The van der Waals surface area contributed by atoms with Crippen LogP contribution in [-0.2, 0) is 6.42 Å². The van der Waals surface area contributed by atoms with Crippen molar-refractivity contribution in [2.75, 3.05) is 0 Å².